The van der Waals surface area contributed by atoms with Gasteiger partial charge in [-0.25, -0.2) is 9.97 Å². The lowest BCUT2D eigenvalue weighted by Crippen LogP contribution is -2.02. The fraction of sp³-hybridized carbons (Fsp3) is 0.0714. The van der Waals surface area contributed by atoms with Crippen molar-refractivity contribution in [2.75, 3.05) is 17.7 Å². The molecule has 0 bridgehead atoms. The highest BCUT2D eigenvalue weighted by molar-refractivity contribution is 6.33. The van der Waals surface area contributed by atoms with Gasteiger partial charge in [-0.05, 0) is 18.2 Å². The Morgan fingerprint density at radius 2 is 2.24 bits per heavy atom. The predicted octanol–water partition coefficient (Wildman–Crippen LogP) is 3.04. The second kappa shape index (κ2) is 5.31. The molecular formula is C14H11ClN6. The molecule has 0 aliphatic carbocycles. The number of anilines is 3. The monoisotopic (exact) mass is 298 g/mol. The van der Waals surface area contributed by atoms with Crippen LogP contribution in [0.1, 0.15) is 5.56 Å². The number of hydrogen-bond donors (Lipinski definition) is 2. The summed E-state index contributed by atoms with van der Waals surface area (Å²) in [5, 5.41) is 15.6. The zero-order valence-corrected chi connectivity index (χ0v) is 11.9. The quantitative estimate of drug-likeness (QED) is 0.777. The number of fused-ring (bicyclic) bond motifs is 1. The first-order chi connectivity index (χ1) is 10.2. The first-order valence-electron chi connectivity index (χ1n) is 6.19. The Balaban J connectivity index is 2.09. The number of nitriles is 1. The molecule has 3 rings (SSSR count). The SMILES string of the molecule is CNc1cn2ccnc2c(Nc2cc(C#N)ccc2Cl)n1. The lowest BCUT2D eigenvalue weighted by Gasteiger charge is -2.11. The minimum Gasteiger partial charge on any atom is -0.372 e. The summed E-state index contributed by atoms with van der Waals surface area (Å²) in [6, 6.07) is 7.10. The normalized spacial score (nSPS) is 10.3. The minimum absolute atomic E-state index is 0.510. The molecule has 3 aromatic rings. The fourth-order valence-corrected chi connectivity index (χ4v) is 2.12. The molecule has 1 aromatic carbocycles. The molecule has 0 fully saturated rings. The van der Waals surface area contributed by atoms with E-state index in [0.29, 0.717) is 33.6 Å². The topological polar surface area (TPSA) is 78.0 Å². The first kappa shape index (κ1) is 13.2. The van der Waals surface area contributed by atoms with E-state index in [4.69, 9.17) is 16.9 Å². The van der Waals surface area contributed by atoms with E-state index in [0.717, 1.165) is 0 Å². The van der Waals surface area contributed by atoms with E-state index in [1.807, 2.05) is 16.8 Å². The average molecular weight is 299 g/mol. The molecule has 7 heteroatoms. The van der Waals surface area contributed by atoms with E-state index in [1.165, 1.54) is 0 Å². The number of rotatable bonds is 3. The lowest BCUT2D eigenvalue weighted by molar-refractivity contribution is 1.12. The van der Waals surface area contributed by atoms with E-state index in [2.05, 4.69) is 26.7 Å². The third kappa shape index (κ3) is 2.47. The summed E-state index contributed by atoms with van der Waals surface area (Å²) in [4.78, 5) is 8.70. The van der Waals surface area contributed by atoms with Gasteiger partial charge in [0.25, 0.3) is 0 Å². The second-order valence-electron chi connectivity index (χ2n) is 4.31. The van der Waals surface area contributed by atoms with Crippen molar-refractivity contribution in [2.45, 2.75) is 0 Å². The number of benzene rings is 1. The van der Waals surface area contributed by atoms with Gasteiger partial charge in [-0.1, -0.05) is 11.6 Å². The van der Waals surface area contributed by atoms with Gasteiger partial charge < -0.3 is 15.0 Å². The molecule has 0 saturated carbocycles. The molecule has 0 amide bonds. The molecule has 2 heterocycles. The fourth-order valence-electron chi connectivity index (χ4n) is 1.95. The molecule has 0 radical (unpaired) electrons. The van der Waals surface area contributed by atoms with Crippen molar-refractivity contribution in [2.24, 2.45) is 0 Å². The number of aromatic nitrogens is 3. The van der Waals surface area contributed by atoms with E-state index in [-0.39, 0.29) is 0 Å². The number of hydrogen-bond acceptors (Lipinski definition) is 5. The molecule has 2 aromatic heterocycles. The molecule has 0 unspecified atom stereocenters. The Hall–Kier alpha value is -2.78. The maximum atomic E-state index is 8.98. The average Bonchev–Trinajstić information content (AvgIpc) is 2.98. The van der Waals surface area contributed by atoms with Crippen LogP contribution in [0.5, 0.6) is 0 Å². The van der Waals surface area contributed by atoms with E-state index in [9.17, 15) is 0 Å². The highest BCUT2D eigenvalue weighted by atomic mass is 35.5. The van der Waals surface area contributed by atoms with Crippen LogP contribution in [0.15, 0.2) is 36.8 Å². The summed E-state index contributed by atoms with van der Waals surface area (Å²) >= 11 is 6.16. The predicted molar refractivity (Wildman–Crippen MR) is 82.0 cm³/mol. The van der Waals surface area contributed by atoms with Crippen LogP contribution in [0.2, 0.25) is 5.02 Å². The standard InChI is InChI=1S/C14H11ClN6/c1-17-12-8-21-5-4-18-14(21)13(20-12)19-11-6-9(7-16)2-3-10(11)15/h2-6,8,17H,1H3,(H,19,20). The Labute approximate surface area is 126 Å². The zero-order valence-electron chi connectivity index (χ0n) is 11.1. The highest BCUT2D eigenvalue weighted by Gasteiger charge is 2.10. The number of halogens is 1. The molecule has 2 N–H and O–H groups in total. The molecule has 6 nitrogen and oxygen atoms in total. The number of nitrogens with zero attached hydrogens (tertiary/aromatic N) is 4. The molecule has 0 spiro atoms. The van der Waals surface area contributed by atoms with Crippen molar-refractivity contribution >= 4 is 34.6 Å². The van der Waals surface area contributed by atoms with Crippen LogP contribution in [0.25, 0.3) is 5.65 Å². The Kier molecular flexibility index (Phi) is 3.34. The van der Waals surface area contributed by atoms with Crippen molar-refractivity contribution in [3.05, 3.63) is 47.4 Å². The van der Waals surface area contributed by atoms with Gasteiger partial charge in [0, 0.05) is 19.4 Å². The smallest absolute Gasteiger partial charge is 0.180 e. The van der Waals surface area contributed by atoms with Crippen molar-refractivity contribution in [3.8, 4) is 6.07 Å². The highest BCUT2D eigenvalue weighted by Crippen LogP contribution is 2.27. The molecule has 104 valence electrons. The van der Waals surface area contributed by atoms with Crippen molar-refractivity contribution < 1.29 is 0 Å². The summed E-state index contributed by atoms with van der Waals surface area (Å²) < 4.78 is 1.85. The van der Waals surface area contributed by atoms with Crippen LogP contribution in [-0.4, -0.2) is 21.4 Å². The van der Waals surface area contributed by atoms with Gasteiger partial charge in [-0.15, -0.1) is 0 Å². The second-order valence-corrected chi connectivity index (χ2v) is 4.72. The van der Waals surface area contributed by atoms with Crippen LogP contribution >= 0.6 is 11.6 Å². The first-order valence-corrected chi connectivity index (χ1v) is 6.57. The summed E-state index contributed by atoms with van der Waals surface area (Å²) in [5.41, 5.74) is 1.81. The summed E-state index contributed by atoms with van der Waals surface area (Å²) in [7, 11) is 1.79. The van der Waals surface area contributed by atoms with Crippen LogP contribution < -0.4 is 10.6 Å². The van der Waals surface area contributed by atoms with Gasteiger partial charge in [0.15, 0.2) is 11.5 Å². The largest absolute Gasteiger partial charge is 0.372 e. The Morgan fingerprint density at radius 1 is 1.38 bits per heavy atom. The molecule has 0 aliphatic rings. The van der Waals surface area contributed by atoms with E-state index in [1.54, 1.807) is 31.4 Å². The van der Waals surface area contributed by atoms with Crippen LogP contribution in [0.4, 0.5) is 17.3 Å². The zero-order chi connectivity index (χ0) is 14.8. The minimum atomic E-state index is 0.510. The van der Waals surface area contributed by atoms with E-state index < -0.39 is 0 Å². The molecular weight excluding hydrogens is 288 g/mol. The molecule has 0 saturated heterocycles. The molecule has 0 aliphatic heterocycles. The third-order valence-electron chi connectivity index (χ3n) is 2.98. The third-order valence-corrected chi connectivity index (χ3v) is 3.31. The Morgan fingerprint density at radius 3 is 3.00 bits per heavy atom. The van der Waals surface area contributed by atoms with Crippen molar-refractivity contribution in [1.29, 1.82) is 5.26 Å². The van der Waals surface area contributed by atoms with Gasteiger partial charge in [-0.3, -0.25) is 0 Å². The van der Waals surface area contributed by atoms with E-state index >= 15 is 0 Å². The number of imidazole rings is 1. The van der Waals surface area contributed by atoms with Crippen molar-refractivity contribution in [1.82, 2.24) is 14.4 Å². The van der Waals surface area contributed by atoms with Crippen LogP contribution in [0.3, 0.4) is 0 Å². The summed E-state index contributed by atoms with van der Waals surface area (Å²) in [6.07, 6.45) is 5.35. The maximum Gasteiger partial charge on any atom is 0.180 e. The molecule has 0 atom stereocenters. The maximum absolute atomic E-state index is 8.98. The summed E-state index contributed by atoms with van der Waals surface area (Å²) in [6.45, 7) is 0. The van der Waals surface area contributed by atoms with Gasteiger partial charge in [0.05, 0.1) is 28.5 Å². The van der Waals surface area contributed by atoms with Crippen molar-refractivity contribution in [3.63, 3.8) is 0 Å². The Bertz CT molecular complexity index is 848. The van der Waals surface area contributed by atoms with Gasteiger partial charge in [-0.2, -0.15) is 5.26 Å². The van der Waals surface area contributed by atoms with Crippen LogP contribution in [-0.2, 0) is 0 Å². The van der Waals surface area contributed by atoms with Gasteiger partial charge in [0.2, 0.25) is 0 Å². The van der Waals surface area contributed by atoms with Gasteiger partial charge >= 0.3 is 0 Å². The van der Waals surface area contributed by atoms with Crippen LogP contribution in [0, 0.1) is 11.3 Å². The summed E-state index contributed by atoms with van der Waals surface area (Å²) in [5.74, 6) is 1.25. The van der Waals surface area contributed by atoms with Gasteiger partial charge in [0.1, 0.15) is 5.82 Å². The lowest BCUT2D eigenvalue weighted by atomic mass is 10.2. The number of nitrogens with one attached hydrogen (secondary N) is 2. The molecule has 21 heavy (non-hydrogen) atoms.